The molecule has 6 heteroatoms. The number of rotatable bonds is 52. The molecule has 0 saturated heterocycles. The smallest absolute Gasteiger partial charge is 0.306 e. The molecule has 0 fully saturated rings. The quantitative estimate of drug-likeness (QED) is 0.0199. The fourth-order valence-corrected chi connectivity index (χ4v) is 7.98. The summed E-state index contributed by atoms with van der Waals surface area (Å²) in [7, 11) is 0. The lowest BCUT2D eigenvalue weighted by Gasteiger charge is -2.18. The molecule has 0 aromatic heterocycles. The molecule has 0 rings (SSSR count). The van der Waals surface area contributed by atoms with E-state index in [1.807, 2.05) is 0 Å². The lowest BCUT2D eigenvalue weighted by atomic mass is 10.1. The Morgan fingerprint density at radius 3 is 0.986 bits per heavy atom. The minimum atomic E-state index is -0.816. The van der Waals surface area contributed by atoms with Gasteiger partial charge in [-0.3, -0.25) is 14.4 Å². The van der Waals surface area contributed by atoms with Crippen molar-refractivity contribution in [2.75, 3.05) is 13.2 Å². The summed E-state index contributed by atoms with van der Waals surface area (Å²) in [4.78, 5) is 38.1. The third-order valence-corrected chi connectivity index (χ3v) is 12.4. The van der Waals surface area contributed by atoms with Gasteiger partial charge < -0.3 is 14.2 Å². The Balaban J connectivity index is 4.51. The Kier molecular flexibility index (Phi) is 54.3. The molecule has 0 aromatic carbocycles. The second kappa shape index (κ2) is 57.2. The molecule has 0 N–H and O–H groups in total. The average Bonchev–Trinajstić information content (AvgIpc) is 3.35. The maximum absolute atomic E-state index is 12.8. The SMILES string of the molecule is CCCCCCC\C=C/C=C\C=C/CCCCCCCC(=O)OCC(COC(=O)CCCCCCC/C=C\CCCCCCCCC)OC(=O)CCC/C=C\C/C=C\C/C=C\CCCCCCCC. The maximum atomic E-state index is 12.8. The second-order valence-corrected chi connectivity index (χ2v) is 19.3. The summed E-state index contributed by atoms with van der Waals surface area (Å²) in [6, 6.07) is 0. The first-order valence-corrected chi connectivity index (χ1v) is 29.1. The van der Waals surface area contributed by atoms with Crippen LogP contribution in [0.1, 0.15) is 278 Å². The second-order valence-electron chi connectivity index (χ2n) is 19.3. The van der Waals surface area contributed by atoms with Gasteiger partial charge in [-0.05, 0) is 103 Å². The number of hydrogen-bond donors (Lipinski definition) is 0. The lowest BCUT2D eigenvalue weighted by Crippen LogP contribution is -2.30. The van der Waals surface area contributed by atoms with Gasteiger partial charge in [0, 0.05) is 19.3 Å². The van der Waals surface area contributed by atoms with E-state index in [4.69, 9.17) is 14.2 Å². The van der Waals surface area contributed by atoms with Gasteiger partial charge in [-0.1, -0.05) is 241 Å². The van der Waals surface area contributed by atoms with Crippen LogP contribution in [0.5, 0.6) is 0 Å². The van der Waals surface area contributed by atoms with Crippen molar-refractivity contribution >= 4 is 17.9 Å². The van der Waals surface area contributed by atoms with E-state index in [9.17, 15) is 14.4 Å². The zero-order valence-electron chi connectivity index (χ0n) is 45.3. The molecule has 0 amide bonds. The lowest BCUT2D eigenvalue weighted by molar-refractivity contribution is -0.167. The predicted octanol–water partition coefficient (Wildman–Crippen LogP) is 19.5. The van der Waals surface area contributed by atoms with Crippen molar-refractivity contribution in [2.24, 2.45) is 0 Å². The molecule has 1 atom stereocenters. The van der Waals surface area contributed by atoms with Crippen LogP contribution in [0.15, 0.2) is 85.1 Å². The van der Waals surface area contributed by atoms with Crippen molar-refractivity contribution < 1.29 is 28.6 Å². The third-order valence-electron chi connectivity index (χ3n) is 12.4. The van der Waals surface area contributed by atoms with Crippen molar-refractivity contribution in [3.05, 3.63) is 85.1 Å². The third kappa shape index (κ3) is 55.4. The molecule has 0 bridgehead atoms. The standard InChI is InChI=1S/C63H108O6/c1-4-7-10-13-16-19-22-25-28-31-33-35-38-41-44-47-50-53-56-62(65)68-59-60(58-67-61(64)55-52-49-46-43-40-37-34-30-27-24-21-18-15-12-9-6-3)69-63(66)57-54-51-48-45-42-39-36-32-29-26-23-20-17-14-11-8-5-2/h22,25-26,28-31,33-36,39,45,48,60H,4-21,23-24,27,32,37-38,40-44,46-47,49-59H2,1-3H3/b25-22-,29-26-,31-28-,34-30-,35-33-,39-36-,48-45-. The van der Waals surface area contributed by atoms with Crippen LogP contribution in [-0.4, -0.2) is 37.2 Å². The molecule has 0 spiro atoms. The van der Waals surface area contributed by atoms with Crippen molar-refractivity contribution in [2.45, 2.75) is 284 Å². The van der Waals surface area contributed by atoms with Crippen LogP contribution in [0.4, 0.5) is 0 Å². The van der Waals surface area contributed by atoms with Crippen molar-refractivity contribution in [1.82, 2.24) is 0 Å². The van der Waals surface area contributed by atoms with Crippen LogP contribution < -0.4 is 0 Å². The van der Waals surface area contributed by atoms with Crippen molar-refractivity contribution in [3.8, 4) is 0 Å². The number of unbranched alkanes of at least 4 members (excludes halogenated alkanes) is 29. The number of allylic oxidation sites excluding steroid dienone is 14. The molecule has 6 nitrogen and oxygen atoms in total. The van der Waals surface area contributed by atoms with Gasteiger partial charge in [0.15, 0.2) is 6.10 Å². The van der Waals surface area contributed by atoms with Crippen LogP contribution in [0.2, 0.25) is 0 Å². The van der Waals surface area contributed by atoms with E-state index in [2.05, 4.69) is 106 Å². The zero-order valence-corrected chi connectivity index (χ0v) is 45.3. The molecular formula is C63H108O6. The number of carbonyl (C=O) groups is 3. The number of ether oxygens (including phenoxy) is 3. The van der Waals surface area contributed by atoms with Gasteiger partial charge in [0.1, 0.15) is 13.2 Å². The van der Waals surface area contributed by atoms with E-state index < -0.39 is 6.10 Å². The van der Waals surface area contributed by atoms with Gasteiger partial charge in [0.2, 0.25) is 0 Å². The minimum Gasteiger partial charge on any atom is -0.462 e. The largest absolute Gasteiger partial charge is 0.462 e. The van der Waals surface area contributed by atoms with Gasteiger partial charge >= 0.3 is 17.9 Å². The highest BCUT2D eigenvalue weighted by Crippen LogP contribution is 2.14. The molecule has 0 radical (unpaired) electrons. The highest BCUT2D eigenvalue weighted by molar-refractivity contribution is 5.71. The Bertz CT molecular complexity index is 1330. The molecular weight excluding hydrogens is 853 g/mol. The van der Waals surface area contributed by atoms with Crippen LogP contribution in [-0.2, 0) is 28.6 Å². The highest BCUT2D eigenvalue weighted by Gasteiger charge is 2.19. The summed E-state index contributed by atoms with van der Waals surface area (Å²) in [6.07, 6.45) is 74.3. The first-order valence-electron chi connectivity index (χ1n) is 29.1. The van der Waals surface area contributed by atoms with Gasteiger partial charge in [-0.15, -0.1) is 0 Å². The molecule has 1 unspecified atom stereocenters. The predicted molar refractivity (Wildman–Crippen MR) is 297 cm³/mol. The van der Waals surface area contributed by atoms with Gasteiger partial charge in [-0.25, -0.2) is 0 Å². The summed E-state index contributed by atoms with van der Waals surface area (Å²) < 4.78 is 16.8. The van der Waals surface area contributed by atoms with Gasteiger partial charge in [-0.2, -0.15) is 0 Å². The van der Waals surface area contributed by atoms with Crippen LogP contribution >= 0.6 is 0 Å². The number of esters is 3. The van der Waals surface area contributed by atoms with Gasteiger partial charge in [0.05, 0.1) is 0 Å². The Hall–Kier alpha value is -3.41. The van der Waals surface area contributed by atoms with Crippen LogP contribution in [0, 0.1) is 0 Å². The molecule has 396 valence electrons. The van der Waals surface area contributed by atoms with E-state index in [0.29, 0.717) is 19.3 Å². The molecule has 0 aromatic rings. The molecule has 69 heavy (non-hydrogen) atoms. The van der Waals surface area contributed by atoms with Crippen molar-refractivity contribution in [3.63, 3.8) is 0 Å². The topological polar surface area (TPSA) is 78.9 Å². The monoisotopic (exact) mass is 961 g/mol. The molecule has 0 aliphatic heterocycles. The Morgan fingerprint density at radius 2 is 0.594 bits per heavy atom. The molecule has 0 saturated carbocycles. The fourth-order valence-electron chi connectivity index (χ4n) is 7.98. The first-order chi connectivity index (χ1) is 34.0. The van der Waals surface area contributed by atoms with Crippen LogP contribution in [0.25, 0.3) is 0 Å². The van der Waals surface area contributed by atoms with Crippen molar-refractivity contribution in [1.29, 1.82) is 0 Å². The fraction of sp³-hybridized carbons (Fsp3) is 0.730. The molecule has 0 heterocycles. The Morgan fingerprint density at radius 1 is 0.304 bits per heavy atom. The summed E-state index contributed by atoms with van der Waals surface area (Å²) in [6.45, 7) is 6.56. The highest BCUT2D eigenvalue weighted by atomic mass is 16.6. The summed E-state index contributed by atoms with van der Waals surface area (Å²) in [5, 5.41) is 0. The normalized spacial score (nSPS) is 12.7. The summed E-state index contributed by atoms with van der Waals surface area (Å²) >= 11 is 0. The van der Waals surface area contributed by atoms with E-state index in [1.165, 1.54) is 135 Å². The zero-order chi connectivity index (χ0) is 50.0. The average molecular weight is 962 g/mol. The van der Waals surface area contributed by atoms with Gasteiger partial charge in [0.25, 0.3) is 0 Å². The number of hydrogen-bond acceptors (Lipinski definition) is 6. The summed E-state index contributed by atoms with van der Waals surface area (Å²) in [5.74, 6) is -0.983. The summed E-state index contributed by atoms with van der Waals surface area (Å²) in [5.41, 5.74) is 0. The van der Waals surface area contributed by atoms with E-state index in [-0.39, 0.29) is 37.5 Å². The van der Waals surface area contributed by atoms with Crippen LogP contribution in [0.3, 0.4) is 0 Å². The Labute approximate surface area is 426 Å². The van der Waals surface area contributed by atoms with E-state index in [0.717, 1.165) is 96.3 Å². The molecule has 0 aliphatic rings. The molecule has 0 aliphatic carbocycles. The maximum Gasteiger partial charge on any atom is 0.306 e. The van der Waals surface area contributed by atoms with E-state index in [1.54, 1.807) is 0 Å². The minimum absolute atomic E-state index is 0.107. The van der Waals surface area contributed by atoms with E-state index >= 15 is 0 Å². The number of carbonyl (C=O) groups excluding carboxylic acids is 3. The first kappa shape index (κ1) is 65.6.